The van der Waals surface area contributed by atoms with Crippen LogP contribution in [0, 0.1) is 0 Å². The Labute approximate surface area is 194 Å². The molecule has 4 aromatic rings. The van der Waals surface area contributed by atoms with Gasteiger partial charge in [-0.1, -0.05) is 30.3 Å². The largest absolute Gasteiger partial charge is 1.00 e. The Morgan fingerprint density at radius 1 is 0.933 bits per heavy atom. The summed E-state index contributed by atoms with van der Waals surface area (Å²) in [7, 11) is 0. The number of aromatic nitrogens is 3. The second-order valence-electron chi connectivity index (χ2n) is 6.25. The van der Waals surface area contributed by atoms with Crippen LogP contribution in [0.3, 0.4) is 0 Å². The second-order valence-corrected chi connectivity index (χ2v) is 6.25. The molecule has 0 atom stereocenters. The first-order chi connectivity index (χ1) is 14.1. The molecule has 0 spiro atoms. The van der Waals surface area contributed by atoms with Crippen LogP contribution in [0.2, 0.25) is 0 Å². The minimum atomic E-state index is -1.39. The number of hydrogen-bond acceptors (Lipinski definition) is 5. The first kappa shape index (κ1) is 21.4. The Morgan fingerprint density at radius 3 is 2.43 bits per heavy atom. The van der Waals surface area contributed by atoms with Gasteiger partial charge in [0.2, 0.25) is 0 Å². The van der Waals surface area contributed by atoms with E-state index in [1.807, 2.05) is 30.3 Å². The topological polar surface area (TPSA) is 99.9 Å². The summed E-state index contributed by atoms with van der Waals surface area (Å²) in [5.74, 6) is -1.86. The van der Waals surface area contributed by atoms with Gasteiger partial charge in [0.25, 0.3) is 5.91 Å². The number of rotatable bonds is 5. The Kier molecular flexibility index (Phi) is 6.79. The maximum atomic E-state index is 12.8. The molecule has 0 fully saturated rings. The van der Waals surface area contributed by atoms with Gasteiger partial charge in [-0.05, 0) is 35.9 Å². The molecule has 1 amide bonds. The smallest absolute Gasteiger partial charge is 0.545 e. The van der Waals surface area contributed by atoms with E-state index in [4.69, 9.17) is 0 Å². The molecular weight excluding hydrogens is 391 g/mol. The van der Waals surface area contributed by atoms with Crippen LogP contribution in [0.1, 0.15) is 20.7 Å². The molecule has 0 aliphatic heterocycles. The number of benzene rings is 2. The number of carbonyl (C=O) groups is 2. The number of nitrogens with one attached hydrogen (secondary N) is 1. The van der Waals surface area contributed by atoms with E-state index in [1.54, 1.807) is 41.5 Å². The third-order valence-electron chi connectivity index (χ3n) is 4.35. The van der Waals surface area contributed by atoms with Gasteiger partial charge in [-0.3, -0.25) is 9.78 Å². The number of carboxylic acid groups (broad SMARTS) is 1. The molecule has 0 saturated carbocycles. The summed E-state index contributed by atoms with van der Waals surface area (Å²) < 4.78 is 1.56. The van der Waals surface area contributed by atoms with Gasteiger partial charge in [0, 0.05) is 35.9 Å². The number of carbonyl (C=O) groups excluding carboxylic acids is 2. The van der Waals surface area contributed by atoms with Crippen molar-refractivity contribution in [2.24, 2.45) is 0 Å². The first-order valence-corrected chi connectivity index (χ1v) is 8.79. The number of carboxylic acids is 1. The predicted molar refractivity (Wildman–Crippen MR) is 106 cm³/mol. The molecule has 4 rings (SSSR count). The van der Waals surface area contributed by atoms with Crippen LogP contribution >= 0.6 is 0 Å². The zero-order chi connectivity index (χ0) is 20.2. The Bertz CT molecular complexity index is 1180. The molecule has 1 N–H and O–H groups in total. The molecule has 30 heavy (non-hydrogen) atoms. The fraction of sp³-hybridized carbons (Fsp3) is 0. The fourth-order valence-electron chi connectivity index (χ4n) is 2.92. The quantitative estimate of drug-likeness (QED) is 0.453. The van der Waals surface area contributed by atoms with E-state index in [1.165, 1.54) is 18.3 Å². The number of aromatic carboxylic acids is 1. The van der Waals surface area contributed by atoms with Crippen LogP contribution in [0.25, 0.3) is 16.8 Å². The van der Waals surface area contributed by atoms with Crippen LogP contribution in [0.15, 0.2) is 85.5 Å². The van der Waals surface area contributed by atoms with Gasteiger partial charge in [0.05, 0.1) is 22.9 Å². The van der Waals surface area contributed by atoms with Crippen LogP contribution < -0.4 is 40.0 Å². The Balaban J connectivity index is 0.00000256. The van der Waals surface area contributed by atoms with Crippen molar-refractivity contribution in [1.29, 1.82) is 0 Å². The van der Waals surface area contributed by atoms with Crippen molar-refractivity contribution < 1.29 is 44.3 Å². The van der Waals surface area contributed by atoms with Crippen molar-refractivity contribution in [3.63, 3.8) is 0 Å². The van der Waals surface area contributed by atoms with Crippen LogP contribution in [0.4, 0.5) is 5.69 Å². The normalized spacial score (nSPS) is 10.1. The van der Waals surface area contributed by atoms with E-state index in [2.05, 4.69) is 15.4 Å². The van der Waals surface area contributed by atoms with Crippen molar-refractivity contribution in [2.75, 3.05) is 5.32 Å². The summed E-state index contributed by atoms with van der Waals surface area (Å²) >= 11 is 0. The van der Waals surface area contributed by atoms with Gasteiger partial charge < -0.3 is 15.2 Å². The molecule has 0 radical (unpaired) electrons. The van der Waals surface area contributed by atoms with E-state index < -0.39 is 11.9 Å². The molecule has 0 aliphatic carbocycles. The minimum Gasteiger partial charge on any atom is -0.545 e. The van der Waals surface area contributed by atoms with E-state index in [-0.39, 0.29) is 40.8 Å². The van der Waals surface area contributed by atoms with Crippen LogP contribution in [0.5, 0.6) is 0 Å². The van der Waals surface area contributed by atoms with Gasteiger partial charge in [-0.2, -0.15) is 5.10 Å². The van der Waals surface area contributed by atoms with Crippen molar-refractivity contribution in [2.45, 2.75) is 0 Å². The summed E-state index contributed by atoms with van der Waals surface area (Å²) in [6.07, 6.45) is 6.41. The second kappa shape index (κ2) is 9.49. The summed E-state index contributed by atoms with van der Waals surface area (Å²) in [6.45, 7) is 0. The SMILES string of the molecule is O=C(Nc1cc(-n2cccn2)ccc1C(=O)[O-])c1cncc(-c2ccccc2)c1.[Na+]. The minimum absolute atomic E-state index is 0. The van der Waals surface area contributed by atoms with E-state index in [0.717, 1.165) is 11.1 Å². The van der Waals surface area contributed by atoms with Crippen molar-refractivity contribution in [3.8, 4) is 16.8 Å². The monoisotopic (exact) mass is 406 g/mol. The number of nitrogens with zero attached hydrogens (tertiary/aromatic N) is 3. The maximum absolute atomic E-state index is 12.8. The van der Waals surface area contributed by atoms with Crippen molar-refractivity contribution >= 4 is 17.6 Å². The third kappa shape index (κ3) is 4.65. The third-order valence-corrected chi connectivity index (χ3v) is 4.35. The zero-order valence-electron chi connectivity index (χ0n) is 16.1. The predicted octanol–water partition coefficient (Wildman–Crippen LogP) is -0.446. The summed E-state index contributed by atoms with van der Waals surface area (Å²) in [6, 6.07) is 17.5. The molecule has 7 nitrogen and oxygen atoms in total. The van der Waals surface area contributed by atoms with Gasteiger partial charge in [0.15, 0.2) is 0 Å². The number of pyridine rings is 1. The molecule has 0 unspecified atom stereocenters. The molecule has 0 saturated heterocycles. The number of amides is 1. The first-order valence-electron chi connectivity index (χ1n) is 8.79. The van der Waals surface area contributed by atoms with E-state index in [9.17, 15) is 14.7 Å². The molecule has 0 aliphatic rings. The zero-order valence-corrected chi connectivity index (χ0v) is 18.1. The molecule has 0 bridgehead atoms. The Hall–Kier alpha value is -3.26. The fourth-order valence-corrected chi connectivity index (χ4v) is 2.92. The summed E-state index contributed by atoms with van der Waals surface area (Å²) in [5, 5.41) is 18.2. The van der Waals surface area contributed by atoms with Gasteiger partial charge in [0.1, 0.15) is 0 Å². The van der Waals surface area contributed by atoms with Gasteiger partial charge in [-0.15, -0.1) is 0 Å². The van der Waals surface area contributed by atoms with E-state index in [0.29, 0.717) is 11.3 Å². The molecule has 2 aromatic carbocycles. The number of hydrogen-bond donors (Lipinski definition) is 1. The van der Waals surface area contributed by atoms with Crippen LogP contribution in [-0.2, 0) is 0 Å². The average molecular weight is 406 g/mol. The Morgan fingerprint density at radius 2 is 1.73 bits per heavy atom. The van der Waals surface area contributed by atoms with Crippen molar-refractivity contribution in [3.05, 3.63) is 96.6 Å². The molecule has 8 heteroatoms. The van der Waals surface area contributed by atoms with Crippen molar-refractivity contribution in [1.82, 2.24) is 14.8 Å². The summed E-state index contributed by atoms with van der Waals surface area (Å²) in [5.41, 5.74) is 2.61. The molecule has 142 valence electrons. The standard InChI is InChI=1S/C22H16N4O3.Na/c27-21(17-11-16(13-23-14-17)15-5-2-1-3-6-15)25-20-12-18(26-10-4-9-24-26)7-8-19(20)22(28)29;/h1-14H,(H,25,27)(H,28,29);/q;+1/p-1. The van der Waals surface area contributed by atoms with Gasteiger partial charge in [-0.25, -0.2) is 4.68 Å². The summed E-state index contributed by atoms with van der Waals surface area (Å²) in [4.78, 5) is 28.4. The molecule has 2 aromatic heterocycles. The van der Waals surface area contributed by atoms with E-state index >= 15 is 0 Å². The molecule has 2 heterocycles. The maximum Gasteiger partial charge on any atom is 1.00 e. The molecular formula is C22H15N4NaO3. The number of anilines is 1. The average Bonchev–Trinajstić information content (AvgIpc) is 3.29. The van der Waals surface area contributed by atoms with Crippen LogP contribution in [-0.4, -0.2) is 26.6 Å². The van der Waals surface area contributed by atoms with Gasteiger partial charge >= 0.3 is 29.6 Å².